The smallest absolute Gasteiger partial charge is 0.338 e. The fourth-order valence-corrected chi connectivity index (χ4v) is 1.66. The molecule has 4 nitrogen and oxygen atoms in total. The number of aliphatic hydroxyl groups is 2. The van der Waals surface area contributed by atoms with Crippen molar-refractivity contribution in [3.63, 3.8) is 0 Å². The van der Waals surface area contributed by atoms with Crippen LogP contribution < -0.4 is 0 Å². The Morgan fingerprint density at radius 2 is 1.89 bits per heavy atom. The molecule has 0 aliphatic heterocycles. The Morgan fingerprint density at radius 3 is 2.50 bits per heavy atom. The van der Waals surface area contributed by atoms with Gasteiger partial charge in [0.2, 0.25) is 0 Å². The highest BCUT2D eigenvalue weighted by atomic mass is 16.5. The van der Waals surface area contributed by atoms with Crippen LogP contribution in [0.2, 0.25) is 0 Å². The Bertz CT molecular complexity index is 350. The Balaban J connectivity index is 2.30. The lowest BCUT2D eigenvalue weighted by molar-refractivity contribution is 0.00810. The van der Waals surface area contributed by atoms with Crippen molar-refractivity contribution >= 4 is 5.97 Å². The minimum absolute atomic E-state index is 0.0888. The number of hydrogen-bond acceptors (Lipinski definition) is 4. The standard InChI is InChI=1S/C14H20O4/c1-2-6-12(15)9-13(16)10-18-14(17)11-7-4-3-5-8-11/h3-5,7-8,12-13,15-16H,2,6,9-10H2,1H3. The molecule has 4 heteroatoms. The Kier molecular flexibility index (Phi) is 6.39. The normalized spacial score (nSPS) is 13.9. The van der Waals surface area contributed by atoms with Gasteiger partial charge in [-0.3, -0.25) is 0 Å². The van der Waals surface area contributed by atoms with E-state index in [0.29, 0.717) is 12.0 Å². The molecule has 0 radical (unpaired) electrons. The number of carbonyl (C=O) groups is 1. The molecule has 2 atom stereocenters. The third kappa shape index (κ3) is 5.29. The van der Waals surface area contributed by atoms with E-state index in [4.69, 9.17) is 4.74 Å². The van der Waals surface area contributed by atoms with E-state index >= 15 is 0 Å². The third-order valence-corrected chi connectivity index (χ3v) is 2.58. The monoisotopic (exact) mass is 252 g/mol. The maximum absolute atomic E-state index is 11.6. The minimum atomic E-state index is -0.820. The van der Waals surface area contributed by atoms with Gasteiger partial charge in [-0.1, -0.05) is 31.5 Å². The summed E-state index contributed by atoms with van der Waals surface area (Å²) in [5.74, 6) is -0.459. The van der Waals surface area contributed by atoms with Gasteiger partial charge in [-0.15, -0.1) is 0 Å². The number of carbonyl (C=O) groups excluding carboxylic acids is 1. The van der Waals surface area contributed by atoms with E-state index in [-0.39, 0.29) is 13.0 Å². The molecule has 1 aromatic rings. The summed E-state index contributed by atoms with van der Waals surface area (Å²) < 4.78 is 4.97. The first-order valence-corrected chi connectivity index (χ1v) is 6.21. The van der Waals surface area contributed by atoms with Gasteiger partial charge in [-0.2, -0.15) is 0 Å². The number of esters is 1. The van der Waals surface area contributed by atoms with E-state index < -0.39 is 18.2 Å². The predicted molar refractivity (Wildman–Crippen MR) is 68.3 cm³/mol. The Labute approximate surface area is 107 Å². The summed E-state index contributed by atoms with van der Waals surface area (Å²) in [6.07, 6.45) is 0.372. The van der Waals surface area contributed by atoms with E-state index in [1.165, 1.54) is 0 Å². The molecule has 0 aromatic heterocycles. The first-order valence-electron chi connectivity index (χ1n) is 6.21. The molecule has 0 bridgehead atoms. The van der Waals surface area contributed by atoms with Gasteiger partial charge >= 0.3 is 5.97 Å². The average molecular weight is 252 g/mol. The maximum atomic E-state index is 11.6. The van der Waals surface area contributed by atoms with Gasteiger partial charge in [0, 0.05) is 6.42 Å². The molecule has 0 amide bonds. The Morgan fingerprint density at radius 1 is 1.22 bits per heavy atom. The molecule has 0 saturated carbocycles. The van der Waals surface area contributed by atoms with E-state index in [2.05, 4.69) is 0 Å². The van der Waals surface area contributed by atoms with E-state index in [1.807, 2.05) is 13.0 Å². The van der Waals surface area contributed by atoms with E-state index in [9.17, 15) is 15.0 Å². The quantitative estimate of drug-likeness (QED) is 0.726. The van der Waals surface area contributed by atoms with Crippen molar-refractivity contribution in [3.05, 3.63) is 35.9 Å². The highest BCUT2D eigenvalue weighted by Gasteiger charge is 2.14. The van der Waals surface area contributed by atoms with Gasteiger partial charge < -0.3 is 14.9 Å². The topological polar surface area (TPSA) is 66.8 Å². The largest absolute Gasteiger partial charge is 0.459 e. The summed E-state index contributed by atoms with van der Waals surface area (Å²) in [5.41, 5.74) is 0.457. The SMILES string of the molecule is CCCC(O)CC(O)COC(=O)c1ccccc1. The number of benzene rings is 1. The zero-order valence-electron chi connectivity index (χ0n) is 10.6. The van der Waals surface area contributed by atoms with Crippen molar-refractivity contribution in [3.8, 4) is 0 Å². The minimum Gasteiger partial charge on any atom is -0.459 e. The van der Waals surface area contributed by atoms with Gasteiger partial charge in [-0.05, 0) is 18.6 Å². The van der Waals surface area contributed by atoms with Gasteiger partial charge in [-0.25, -0.2) is 4.79 Å². The third-order valence-electron chi connectivity index (χ3n) is 2.58. The zero-order valence-corrected chi connectivity index (χ0v) is 10.6. The second kappa shape index (κ2) is 7.84. The van der Waals surface area contributed by atoms with Crippen LogP contribution in [0.15, 0.2) is 30.3 Å². The second-order valence-electron chi connectivity index (χ2n) is 4.30. The average Bonchev–Trinajstić information content (AvgIpc) is 2.37. The lowest BCUT2D eigenvalue weighted by Crippen LogP contribution is -2.24. The molecular formula is C14H20O4. The molecule has 2 unspecified atom stereocenters. The van der Waals surface area contributed by atoms with Crippen LogP contribution in [0.3, 0.4) is 0 Å². The van der Waals surface area contributed by atoms with Crippen LogP contribution >= 0.6 is 0 Å². The fourth-order valence-electron chi connectivity index (χ4n) is 1.66. The fraction of sp³-hybridized carbons (Fsp3) is 0.500. The molecule has 18 heavy (non-hydrogen) atoms. The molecule has 0 fully saturated rings. The molecular weight excluding hydrogens is 232 g/mol. The molecule has 0 saturated heterocycles. The van der Waals surface area contributed by atoms with Crippen molar-refractivity contribution in [2.75, 3.05) is 6.61 Å². The van der Waals surface area contributed by atoms with Crippen LogP contribution in [0.5, 0.6) is 0 Å². The molecule has 1 aromatic carbocycles. The van der Waals surface area contributed by atoms with E-state index in [0.717, 1.165) is 6.42 Å². The summed E-state index contributed by atoms with van der Waals surface area (Å²) in [5, 5.41) is 19.1. The molecule has 2 N–H and O–H groups in total. The van der Waals surface area contributed by atoms with Crippen LogP contribution in [0.1, 0.15) is 36.5 Å². The summed E-state index contributed by atoms with van der Waals surface area (Å²) >= 11 is 0. The zero-order chi connectivity index (χ0) is 13.4. The summed E-state index contributed by atoms with van der Waals surface area (Å²) in [6, 6.07) is 8.62. The van der Waals surface area contributed by atoms with Crippen LogP contribution in [0.4, 0.5) is 0 Å². The van der Waals surface area contributed by atoms with Crippen LogP contribution in [0, 0.1) is 0 Å². The number of aliphatic hydroxyl groups excluding tert-OH is 2. The Hall–Kier alpha value is -1.39. The van der Waals surface area contributed by atoms with Crippen molar-refractivity contribution < 1.29 is 19.7 Å². The molecule has 1 rings (SSSR count). The van der Waals surface area contributed by atoms with Gasteiger partial charge in [0.25, 0.3) is 0 Å². The lowest BCUT2D eigenvalue weighted by atomic mass is 10.1. The van der Waals surface area contributed by atoms with Crippen LogP contribution in [-0.2, 0) is 4.74 Å². The summed E-state index contributed by atoms with van der Waals surface area (Å²) in [6.45, 7) is 1.87. The lowest BCUT2D eigenvalue weighted by Gasteiger charge is -2.15. The summed E-state index contributed by atoms with van der Waals surface area (Å²) in [4.78, 5) is 11.6. The van der Waals surface area contributed by atoms with Gasteiger partial charge in [0.15, 0.2) is 0 Å². The summed E-state index contributed by atoms with van der Waals surface area (Å²) in [7, 11) is 0. The molecule has 0 aliphatic carbocycles. The highest BCUT2D eigenvalue weighted by Crippen LogP contribution is 2.07. The van der Waals surface area contributed by atoms with E-state index in [1.54, 1.807) is 24.3 Å². The second-order valence-corrected chi connectivity index (χ2v) is 4.30. The maximum Gasteiger partial charge on any atom is 0.338 e. The highest BCUT2D eigenvalue weighted by molar-refractivity contribution is 5.89. The van der Waals surface area contributed by atoms with Crippen molar-refractivity contribution in [2.45, 2.75) is 38.4 Å². The van der Waals surface area contributed by atoms with Gasteiger partial charge in [0.05, 0.1) is 17.8 Å². The molecule has 0 spiro atoms. The van der Waals surface area contributed by atoms with Crippen LogP contribution in [0.25, 0.3) is 0 Å². The van der Waals surface area contributed by atoms with Crippen molar-refractivity contribution in [1.82, 2.24) is 0 Å². The number of rotatable bonds is 7. The number of hydrogen-bond donors (Lipinski definition) is 2. The van der Waals surface area contributed by atoms with Crippen molar-refractivity contribution in [1.29, 1.82) is 0 Å². The van der Waals surface area contributed by atoms with Crippen molar-refractivity contribution in [2.24, 2.45) is 0 Å². The predicted octanol–water partition coefficient (Wildman–Crippen LogP) is 1.76. The molecule has 0 aliphatic rings. The van der Waals surface area contributed by atoms with Crippen LogP contribution in [-0.4, -0.2) is 35.0 Å². The number of ether oxygens (including phenoxy) is 1. The first-order chi connectivity index (χ1) is 8.63. The van der Waals surface area contributed by atoms with Gasteiger partial charge in [0.1, 0.15) is 6.61 Å². The molecule has 0 heterocycles. The first kappa shape index (κ1) is 14.7. The molecule has 100 valence electrons.